The number of aliphatic hydroxyl groups is 1. The molecule has 0 radical (unpaired) electrons. The monoisotopic (exact) mass is 211 g/mol. The molecule has 1 heterocycles. The molecule has 1 aliphatic heterocycles. The van der Waals surface area contributed by atoms with E-state index in [4.69, 9.17) is 5.11 Å². The van der Waals surface area contributed by atoms with Crippen molar-refractivity contribution in [2.24, 2.45) is 0 Å². The average Bonchev–Trinajstić information content (AvgIpc) is 2.46. The van der Waals surface area contributed by atoms with Gasteiger partial charge in [0.05, 0.1) is 12.5 Å². The molecule has 1 amide bonds. The second kappa shape index (κ2) is 4.16. The molecule has 0 spiro atoms. The minimum atomic E-state index is -4.28. The summed E-state index contributed by atoms with van der Waals surface area (Å²) in [6.07, 6.45) is -6.01. The van der Waals surface area contributed by atoms with Crippen molar-refractivity contribution < 1.29 is 23.1 Å². The SMILES string of the molecule is O=C(CCC(F)(F)F)N1CC[C@H](O)C1. The minimum absolute atomic E-state index is 0.163. The number of β-amino-alcohol motifs (C(OH)–C–C–N with tert-alkyl or cyclic N) is 1. The molecule has 1 saturated heterocycles. The van der Waals surface area contributed by atoms with Crippen molar-refractivity contribution in [1.29, 1.82) is 0 Å². The number of likely N-dealkylation sites (tertiary alicyclic amines) is 1. The van der Waals surface area contributed by atoms with Crippen molar-refractivity contribution >= 4 is 5.91 Å². The van der Waals surface area contributed by atoms with Gasteiger partial charge in [-0.2, -0.15) is 13.2 Å². The predicted molar refractivity (Wildman–Crippen MR) is 42.5 cm³/mol. The first-order valence-corrected chi connectivity index (χ1v) is 4.41. The molecule has 1 aliphatic rings. The fourth-order valence-corrected chi connectivity index (χ4v) is 1.38. The van der Waals surface area contributed by atoms with Crippen molar-refractivity contribution in [3.8, 4) is 0 Å². The molecule has 1 N–H and O–H groups in total. The Kier molecular flexibility index (Phi) is 3.36. The van der Waals surface area contributed by atoms with E-state index in [9.17, 15) is 18.0 Å². The highest BCUT2D eigenvalue weighted by atomic mass is 19.4. The van der Waals surface area contributed by atoms with Crippen LogP contribution >= 0.6 is 0 Å². The maximum Gasteiger partial charge on any atom is 0.389 e. The van der Waals surface area contributed by atoms with Gasteiger partial charge in [0.25, 0.3) is 0 Å². The third-order valence-corrected chi connectivity index (χ3v) is 2.14. The van der Waals surface area contributed by atoms with E-state index in [1.54, 1.807) is 0 Å². The van der Waals surface area contributed by atoms with Crippen molar-refractivity contribution in [2.75, 3.05) is 13.1 Å². The number of nitrogens with zero attached hydrogens (tertiary/aromatic N) is 1. The van der Waals surface area contributed by atoms with E-state index in [1.807, 2.05) is 0 Å². The molecular formula is C8H12F3NO2. The highest BCUT2D eigenvalue weighted by Crippen LogP contribution is 2.22. The highest BCUT2D eigenvalue weighted by Gasteiger charge is 2.31. The van der Waals surface area contributed by atoms with E-state index in [1.165, 1.54) is 4.90 Å². The number of carbonyl (C=O) groups excluding carboxylic acids is 1. The second-order valence-corrected chi connectivity index (χ2v) is 3.40. The molecule has 0 saturated carbocycles. The highest BCUT2D eigenvalue weighted by molar-refractivity contribution is 5.76. The summed E-state index contributed by atoms with van der Waals surface area (Å²) in [5.74, 6) is -0.529. The molecule has 6 heteroatoms. The van der Waals surface area contributed by atoms with Crippen LogP contribution in [0.25, 0.3) is 0 Å². The van der Waals surface area contributed by atoms with Crippen LogP contribution in [0.1, 0.15) is 19.3 Å². The van der Waals surface area contributed by atoms with Gasteiger partial charge in [-0.05, 0) is 6.42 Å². The zero-order valence-corrected chi connectivity index (χ0v) is 7.55. The van der Waals surface area contributed by atoms with Gasteiger partial charge in [0, 0.05) is 19.5 Å². The van der Waals surface area contributed by atoms with E-state index in [0.29, 0.717) is 13.0 Å². The van der Waals surface area contributed by atoms with Gasteiger partial charge in [0.1, 0.15) is 0 Å². The van der Waals surface area contributed by atoms with Crippen molar-refractivity contribution in [3.63, 3.8) is 0 Å². The van der Waals surface area contributed by atoms with Crippen LogP contribution in [0.15, 0.2) is 0 Å². The van der Waals surface area contributed by atoms with Gasteiger partial charge in [0.15, 0.2) is 0 Å². The van der Waals surface area contributed by atoms with Crippen LogP contribution in [0, 0.1) is 0 Å². The number of amides is 1. The molecule has 1 fully saturated rings. The molecule has 82 valence electrons. The summed E-state index contributed by atoms with van der Waals surface area (Å²) in [5.41, 5.74) is 0. The summed E-state index contributed by atoms with van der Waals surface area (Å²) in [6.45, 7) is 0.522. The lowest BCUT2D eigenvalue weighted by Gasteiger charge is -2.15. The van der Waals surface area contributed by atoms with Crippen LogP contribution in [-0.4, -0.2) is 41.3 Å². The Morgan fingerprint density at radius 1 is 1.50 bits per heavy atom. The van der Waals surface area contributed by atoms with Gasteiger partial charge in [-0.25, -0.2) is 0 Å². The summed E-state index contributed by atoms with van der Waals surface area (Å²) < 4.78 is 35.3. The van der Waals surface area contributed by atoms with Gasteiger partial charge in [0.2, 0.25) is 5.91 Å². The maximum atomic E-state index is 11.8. The molecule has 0 bridgehead atoms. The number of halogens is 3. The quantitative estimate of drug-likeness (QED) is 0.737. The van der Waals surface area contributed by atoms with Gasteiger partial charge < -0.3 is 10.0 Å². The van der Waals surface area contributed by atoms with Gasteiger partial charge in [-0.15, -0.1) is 0 Å². The first-order chi connectivity index (χ1) is 6.38. The van der Waals surface area contributed by atoms with Gasteiger partial charge in [-0.3, -0.25) is 4.79 Å². The van der Waals surface area contributed by atoms with E-state index in [-0.39, 0.29) is 6.54 Å². The number of hydrogen-bond donors (Lipinski definition) is 1. The largest absolute Gasteiger partial charge is 0.391 e. The molecule has 14 heavy (non-hydrogen) atoms. The van der Waals surface area contributed by atoms with E-state index < -0.39 is 31.0 Å². The molecule has 1 atom stereocenters. The first kappa shape index (κ1) is 11.3. The fourth-order valence-electron chi connectivity index (χ4n) is 1.38. The van der Waals surface area contributed by atoms with Crippen LogP contribution in [0.4, 0.5) is 13.2 Å². The first-order valence-electron chi connectivity index (χ1n) is 4.41. The lowest BCUT2D eigenvalue weighted by atomic mass is 10.3. The average molecular weight is 211 g/mol. The summed E-state index contributed by atoms with van der Waals surface area (Å²) in [4.78, 5) is 12.4. The summed E-state index contributed by atoms with van der Waals surface area (Å²) >= 11 is 0. The zero-order valence-electron chi connectivity index (χ0n) is 7.55. The van der Waals surface area contributed by atoms with Crippen LogP contribution in [0.5, 0.6) is 0 Å². The molecule has 0 aromatic heterocycles. The Bertz CT molecular complexity index is 217. The van der Waals surface area contributed by atoms with E-state index in [0.717, 1.165) is 0 Å². The molecule has 3 nitrogen and oxygen atoms in total. The molecule has 1 rings (SSSR count). The number of alkyl halides is 3. The third kappa shape index (κ3) is 3.53. The fraction of sp³-hybridized carbons (Fsp3) is 0.875. The van der Waals surface area contributed by atoms with Crippen molar-refractivity contribution in [3.05, 3.63) is 0 Å². The number of aliphatic hydroxyl groups excluding tert-OH is 1. The molecule has 0 aliphatic carbocycles. The maximum absolute atomic E-state index is 11.8. The van der Waals surface area contributed by atoms with Crippen molar-refractivity contribution in [1.82, 2.24) is 4.90 Å². The van der Waals surface area contributed by atoms with Crippen LogP contribution in [0.2, 0.25) is 0 Å². The molecule has 0 aromatic carbocycles. The number of rotatable bonds is 2. The van der Waals surface area contributed by atoms with Gasteiger partial charge in [-0.1, -0.05) is 0 Å². The molecular weight excluding hydrogens is 199 g/mol. The van der Waals surface area contributed by atoms with Crippen LogP contribution < -0.4 is 0 Å². The van der Waals surface area contributed by atoms with E-state index in [2.05, 4.69) is 0 Å². The Labute approximate surface area is 79.5 Å². The standard InChI is InChI=1S/C8H12F3NO2/c9-8(10,11)3-1-7(14)12-4-2-6(13)5-12/h6,13H,1-5H2/t6-/m0/s1. The Morgan fingerprint density at radius 2 is 2.14 bits per heavy atom. The normalized spacial score (nSPS) is 22.9. The van der Waals surface area contributed by atoms with Crippen LogP contribution in [-0.2, 0) is 4.79 Å². The smallest absolute Gasteiger partial charge is 0.389 e. The van der Waals surface area contributed by atoms with Crippen LogP contribution in [0.3, 0.4) is 0 Å². The molecule has 0 unspecified atom stereocenters. The predicted octanol–water partition coefficient (Wildman–Crippen LogP) is 0.922. The Hall–Kier alpha value is -0.780. The molecule has 0 aromatic rings. The third-order valence-electron chi connectivity index (χ3n) is 2.14. The summed E-state index contributed by atoms with van der Waals surface area (Å²) in [6, 6.07) is 0. The zero-order chi connectivity index (χ0) is 10.8. The Morgan fingerprint density at radius 3 is 2.57 bits per heavy atom. The topological polar surface area (TPSA) is 40.5 Å². The summed E-state index contributed by atoms with van der Waals surface area (Å²) in [5, 5.41) is 9.06. The number of carbonyl (C=O) groups is 1. The summed E-state index contributed by atoms with van der Waals surface area (Å²) in [7, 11) is 0. The van der Waals surface area contributed by atoms with E-state index >= 15 is 0 Å². The minimum Gasteiger partial charge on any atom is -0.391 e. The lowest BCUT2D eigenvalue weighted by molar-refractivity contribution is -0.148. The second-order valence-electron chi connectivity index (χ2n) is 3.40. The Balaban J connectivity index is 2.29. The van der Waals surface area contributed by atoms with Gasteiger partial charge >= 0.3 is 6.18 Å². The lowest BCUT2D eigenvalue weighted by Crippen LogP contribution is -2.30. The van der Waals surface area contributed by atoms with Crippen molar-refractivity contribution in [2.45, 2.75) is 31.5 Å². The number of hydrogen-bond acceptors (Lipinski definition) is 2.